The Morgan fingerprint density at radius 1 is 1.18 bits per heavy atom. The number of methoxy groups -OCH3 is 1. The average molecular weight is 442 g/mol. The topological polar surface area (TPSA) is 99.5 Å². The molecule has 2 aromatic carbocycles. The minimum atomic E-state index is -0.356. The molecule has 8 heteroatoms. The molecule has 0 saturated heterocycles. The highest BCUT2D eigenvalue weighted by Gasteiger charge is 2.35. The number of hydrogen-bond acceptors (Lipinski definition) is 5. The minimum absolute atomic E-state index is 0.108. The molecule has 3 amide bonds. The molecule has 28 heavy (non-hydrogen) atoms. The van der Waals surface area contributed by atoms with Gasteiger partial charge < -0.3 is 10.1 Å². The summed E-state index contributed by atoms with van der Waals surface area (Å²) in [7, 11) is 1.47. The first-order valence-electron chi connectivity index (χ1n) is 8.48. The van der Waals surface area contributed by atoms with Crippen molar-refractivity contribution in [1.29, 1.82) is 5.26 Å². The monoisotopic (exact) mass is 441 g/mol. The highest BCUT2D eigenvalue weighted by Crippen LogP contribution is 2.27. The Balaban J connectivity index is 1.59. The molecule has 142 valence electrons. The molecule has 1 aliphatic heterocycles. The van der Waals surface area contributed by atoms with Crippen LogP contribution in [0.25, 0.3) is 0 Å². The van der Waals surface area contributed by atoms with E-state index in [1.54, 1.807) is 30.3 Å². The van der Waals surface area contributed by atoms with E-state index in [0.717, 1.165) is 9.37 Å². The van der Waals surface area contributed by atoms with Crippen molar-refractivity contribution < 1.29 is 19.1 Å². The molecule has 1 aliphatic rings. The van der Waals surface area contributed by atoms with Gasteiger partial charge in [-0.05, 0) is 42.8 Å². The molecule has 0 radical (unpaired) electrons. The van der Waals surface area contributed by atoms with Crippen molar-refractivity contribution in [2.24, 2.45) is 0 Å². The second-order valence-electron chi connectivity index (χ2n) is 6.13. The minimum Gasteiger partial charge on any atom is -0.495 e. The summed E-state index contributed by atoms with van der Waals surface area (Å²) in [5.74, 6) is -0.563. The number of imide groups is 1. The molecule has 0 bridgehead atoms. The maximum atomic E-state index is 12.4. The lowest BCUT2D eigenvalue weighted by Gasteiger charge is -2.14. The summed E-state index contributed by atoms with van der Waals surface area (Å²) in [4.78, 5) is 38.2. The predicted octanol–water partition coefficient (Wildman–Crippen LogP) is 3.34. The lowest BCUT2D eigenvalue weighted by Crippen LogP contribution is -2.31. The third kappa shape index (κ3) is 3.89. The van der Waals surface area contributed by atoms with Crippen LogP contribution in [-0.2, 0) is 4.79 Å². The number of fused-ring (bicyclic) bond motifs is 1. The average Bonchev–Trinajstić information content (AvgIpc) is 2.92. The van der Waals surface area contributed by atoms with Crippen LogP contribution < -0.4 is 10.1 Å². The molecular weight excluding hydrogens is 426 g/mol. The number of anilines is 1. The van der Waals surface area contributed by atoms with Crippen molar-refractivity contribution in [3.05, 3.63) is 57.6 Å². The Labute approximate surface area is 170 Å². The van der Waals surface area contributed by atoms with Gasteiger partial charge in [0.2, 0.25) is 5.91 Å². The Kier molecular flexibility index (Phi) is 5.76. The van der Waals surface area contributed by atoms with Crippen LogP contribution >= 0.6 is 15.9 Å². The van der Waals surface area contributed by atoms with Crippen LogP contribution in [0.15, 0.2) is 40.9 Å². The highest BCUT2D eigenvalue weighted by molar-refractivity contribution is 9.10. The van der Waals surface area contributed by atoms with Crippen LogP contribution in [0.5, 0.6) is 5.75 Å². The fourth-order valence-electron chi connectivity index (χ4n) is 2.95. The zero-order valence-electron chi connectivity index (χ0n) is 15.0. The zero-order valence-corrected chi connectivity index (χ0v) is 16.6. The van der Waals surface area contributed by atoms with Gasteiger partial charge in [0.05, 0.1) is 35.6 Å². The number of nitrogens with zero attached hydrogens (tertiary/aromatic N) is 2. The van der Waals surface area contributed by atoms with Crippen molar-refractivity contribution in [2.75, 3.05) is 19.0 Å². The summed E-state index contributed by atoms with van der Waals surface area (Å²) in [6.07, 6.45) is 0.426. The van der Waals surface area contributed by atoms with E-state index in [0.29, 0.717) is 34.5 Å². The van der Waals surface area contributed by atoms with E-state index in [1.165, 1.54) is 13.2 Å². The van der Waals surface area contributed by atoms with Crippen LogP contribution in [0.4, 0.5) is 5.69 Å². The number of nitriles is 1. The molecule has 2 aromatic rings. The van der Waals surface area contributed by atoms with Gasteiger partial charge in [-0.3, -0.25) is 19.3 Å². The van der Waals surface area contributed by atoms with E-state index in [-0.39, 0.29) is 30.7 Å². The van der Waals surface area contributed by atoms with Crippen molar-refractivity contribution >= 4 is 39.3 Å². The lowest BCUT2D eigenvalue weighted by atomic mass is 10.1. The summed E-state index contributed by atoms with van der Waals surface area (Å²) < 4.78 is 5.90. The highest BCUT2D eigenvalue weighted by atomic mass is 79.9. The Hall–Kier alpha value is -3.18. The SMILES string of the molecule is COc1ccc(C#N)cc1NC(=O)CCCN1C(=O)c2ccc(Br)cc2C1=O. The van der Waals surface area contributed by atoms with E-state index in [2.05, 4.69) is 21.2 Å². The molecule has 0 aromatic heterocycles. The van der Waals surface area contributed by atoms with Gasteiger partial charge >= 0.3 is 0 Å². The first kappa shape index (κ1) is 19.6. The normalized spacial score (nSPS) is 12.5. The van der Waals surface area contributed by atoms with Gasteiger partial charge in [-0.1, -0.05) is 15.9 Å². The van der Waals surface area contributed by atoms with Crippen LogP contribution in [0, 0.1) is 11.3 Å². The number of ether oxygens (including phenoxy) is 1. The number of rotatable bonds is 6. The third-order valence-corrected chi connectivity index (χ3v) is 4.81. The van der Waals surface area contributed by atoms with Gasteiger partial charge in [0.1, 0.15) is 5.75 Å². The van der Waals surface area contributed by atoms with Gasteiger partial charge in [-0.25, -0.2) is 0 Å². The van der Waals surface area contributed by atoms with Crippen LogP contribution in [-0.4, -0.2) is 36.3 Å². The number of halogens is 1. The predicted molar refractivity (Wildman–Crippen MR) is 105 cm³/mol. The Bertz CT molecular complexity index is 1010. The Morgan fingerprint density at radius 2 is 1.93 bits per heavy atom. The van der Waals surface area contributed by atoms with Crippen LogP contribution in [0.2, 0.25) is 0 Å². The third-order valence-electron chi connectivity index (χ3n) is 4.32. The molecule has 1 N–H and O–H groups in total. The molecule has 3 rings (SSSR count). The molecule has 7 nitrogen and oxygen atoms in total. The maximum absolute atomic E-state index is 12.4. The van der Waals surface area contributed by atoms with Crippen molar-refractivity contribution in [1.82, 2.24) is 4.90 Å². The van der Waals surface area contributed by atoms with E-state index in [4.69, 9.17) is 10.00 Å². The van der Waals surface area contributed by atoms with E-state index in [9.17, 15) is 14.4 Å². The van der Waals surface area contributed by atoms with E-state index in [1.807, 2.05) is 6.07 Å². The van der Waals surface area contributed by atoms with Crippen LogP contribution in [0.3, 0.4) is 0 Å². The van der Waals surface area contributed by atoms with Crippen LogP contribution in [0.1, 0.15) is 39.1 Å². The van der Waals surface area contributed by atoms with Gasteiger partial charge in [0.25, 0.3) is 11.8 Å². The lowest BCUT2D eigenvalue weighted by molar-refractivity contribution is -0.116. The maximum Gasteiger partial charge on any atom is 0.261 e. The molecule has 0 saturated carbocycles. The molecule has 0 unspecified atom stereocenters. The second-order valence-corrected chi connectivity index (χ2v) is 7.05. The number of nitrogens with one attached hydrogen (secondary N) is 1. The van der Waals surface area contributed by atoms with Crippen molar-refractivity contribution in [2.45, 2.75) is 12.8 Å². The van der Waals surface area contributed by atoms with Gasteiger partial charge in [0, 0.05) is 17.4 Å². The van der Waals surface area contributed by atoms with E-state index < -0.39 is 0 Å². The largest absolute Gasteiger partial charge is 0.495 e. The number of hydrogen-bond donors (Lipinski definition) is 1. The van der Waals surface area contributed by atoms with Crippen molar-refractivity contribution in [3.63, 3.8) is 0 Å². The fourth-order valence-corrected chi connectivity index (χ4v) is 3.31. The molecule has 0 atom stereocenters. The number of benzene rings is 2. The summed E-state index contributed by atoms with van der Waals surface area (Å²) in [6.45, 7) is 0.146. The summed E-state index contributed by atoms with van der Waals surface area (Å²) in [5.41, 5.74) is 1.53. The van der Waals surface area contributed by atoms with E-state index >= 15 is 0 Å². The number of amides is 3. The zero-order chi connectivity index (χ0) is 20.3. The molecule has 1 heterocycles. The molecule has 0 fully saturated rings. The first-order valence-corrected chi connectivity index (χ1v) is 9.27. The molecule has 0 spiro atoms. The first-order chi connectivity index (χ1) is 13.4. The Morgan fingerprint density at radius 3 is 2.64 bits per heavy atom. The van der Waals surface area contributed by atoms with Gasteiger partial charge in [0.15, 0.2) is 0 Å². The fraction of sp³-hybridized carbons (Fsp3) is 0.200. The molecule has 0 aliphatic carbocycles. The quantitative estimate of drug-likeness (QED) is 0.692. The van der Waals surface area contributed by atoms with Gasteiger partial charge in [-0.15, -0.1) is 0 Å². The standard InChI is InChI=1S/C20H16BrN3O4/c1-28-17-7-4-12(11-22)9-16(17)23-18(25)3-2-8-24-19(26)14-6-5-13(21)10-15(14)20(24)27/h4-7,9-10H,2-3,8H2,1H3,(H,23,25). The summed E-state index contributed by atoms with van der Waals surface area (Å²) in [6, 6.07) is 11.7. The van der Waals surface area contributed by atoms with Gasteiger partial charge in [-0.2, -0.15) is 5.26 Å². The number of carbonyl (C=O) groups is 3. The smallest absolute Gasteiger partial charge is 0.261 e. The number of carbonyl (C=O) groups excluding carboxylic acids is 3. The summed E-state index contributed by atoms with van der Waals surface area (Å²) in [5, 5.41) is 11.7. The molecular formula is C20H16BrN3O4. The summed E-state index contributed by atoms with van der Waals surface area (Å²) >= 11 is 3.29. The second kappa shape index (κ2) is 8.23. The van der Waals surface area contributed by atoms with Crippen molar-refractivity contribution in [3.8, 4) is 11.8 Å².